The Bertz CT molecular complexity index is 503. The summed E-state index contributed by atoms with van der Waals surface area (Å²) in [5.74, 6) is 0.102. The number of hydrogen-bond donors (Lipinski definition) is 2. The Hall–Kier alpha value is -1.18. The summed E-state index contributed by atoms with van der Waals surface area (Å²) < 4.78 is 0. The van der Waals surface area contributed by atoms with E-state index in [1.165, 1.54) is 17.8 Å². The van der Waals surface area contributed by atoms with Crippen molar-refractivity contribution in [1.29, 1.82) is 0 Å². The fourth-order valence-electron chi connectivity index (χ4n) is 3.16. The molecular weight excluding hydrogens is 286 g/mol. The summed E-state index contributed by atoms with van der Waals surface area (Å²) >= 11 is 1.32. The van der Waals surface area contributed by atoms with E-state index < -0.39 is 0 Å². The first-order chi connectivity index (χ1) is 10.2. The van der Waals surface area contributed by atoms with E-state index in [4.69, 9.17) is 5.73 Å². The largest absolute Gasteiger partial charge is 0.375 e. The molecule has 1 atom stereocenters. The van der Waals surface area contributed by atoms with Crippen LogP contribution in [0.4, 0.5) is 5.13 Å². The maximum Gasteiger partial charge on any atom is 0.266 e. The maximum atomic E-state index is 12.6. The molecule has 3 heterocycles. The lowest BCUT2D eigenvalue weighted by Crippen LogP contribution is -2.52. The number of thiazole rings is 1. The molecule has 1 unspecified atom stereocenters. The zero-order valence-electron chi connectivity index (χ0n) is 12.5. The fourth-order valence-corrected chi connectivity index (χ4v) is 4.05. The van der Waals surface area contributed by atoms with Crippen LogP contribution in [0.25, 0.3) is 0 Å². The molecule has 2 saturated heterocycles. The smallest absolute Gasteiger partial charge is 0.266 e. The van der Waals surface area contributed by atoms with Crippen LogP contribution in [0.5, 0.6) is 0 Å². The van der Waals surface area contributed by atoms with Crippen LogP contribution in [0.15, 0.2) is 0 Å². The predicted octanol–water partition coefficient (Wildman–Crippen LogP) is 0.407. The van der Waals surface area contributed by atoms with Crippen molar-refractivity contribution in [1.82, 2.24) is 20.1 Å². The first-order valence-corrected chi connectivity index (χ1v) is 8.50. The van der Waals surface area contributed by atoms with E-state index in [0.29, 0.717) is 11.2 Å². The summed E-state index contributed by atoms with van der Waals surface area (Å²) in [5, 5.41) is 3.90. The number of carbonyl (C=O) groups is 1. The normalized spacial score (nSPS) is 23.7. The number of aryl methyl sites for hydroxylation is 1. The van der Waals surface area contributed by atoms with Crippen molar-refractivity contribution in [2.75, 3.05) is 45.0 Å². The van der Waals surface area contributed by atoms with Gasteiger partial charge in [0.1, 0.15) is 4.88 Å². The van der Waals surface area contributed by atoms with E-state index >= 15 is 0 Å². The van der Waals surface area contributed by atoms with Crippen molar-refractivity contribution in [2.45, 2.75) is 25.8 Å². The number of rotatable bonds is 3. The Morgan fingerprint density at radius 1 is 1.43 bits per heavy atom. The van der Waals surface area contributed by atoms with Crippen LogP contribution in [0.3, 0.4) is 0 Å². The molecule has 7 heteroatoms. The van der Waals surface area contributed by atoms with Gasteiger partial charge in [-0.1, -0.05) is 18.3 Å². The van der Waals surface area contributed by atoms with Crippen molar-refractivity contribution < 1.29 is 4.79 Å². The van der Waals surface area contributed by atoms with Gasteiger partial charge in [0.05, 0.1) is 5.69 Å². The molecule has 0 bridgehead atoms. The highest BCUT2D eigenvalue weighted by Crippen LogP contribution is 2.23. The van der Waals surface area contributed by atoms with E-state index in [1.54, 1.807) is 0 Å². The Morgan fingerprint density at radius 3 is 2.81 bits per heavy atom. The first kappa shape index (κ1) is 14.7. The summed E-state index contributed by atoms with van der Waals surface area (Å²) in [6.45, 7) is 7.74. The quantitative estimate of drug-likeness (QED) is 0.846. The number of aromatic nitrogens is 1. The minimum Gasteiger partial charge on any atom is -0.375 e. The van der Waals surface area contributed by atoms with Gasteiger partial charge in [0.25, 0.3) is 5.91 Å². The molecule has 6 nitrogen and oxygen atoms in total. The van der Waals surface area contributed by atoms with E-state index in [1.807, 2.05) is 11.8 Å². The van der Waals surface area contributed by atoms with Gasteiger partial charge >= 0.3 is 0 Å². The molecule has 1 aromatic rings. The zero-order valence-corrected chi connectivity index (χ0v) is 13.3. The Labute approximate surface area is 129 Å². The average Bonchev–Trinajstić information content (AvgIpc) is 3.16. The topological polar surface area (TPSA) is 74.5 Å². The maximum absolute atomic E-state index is 12.6. The molecule has 0 aromatic carbocycles. The van der Waals surface area contributed by atoms with Gasteiger partial charge in [-0.15, -0.1) is 0 Å². The number of nitrogens with zero attached hydrogens (tertiary/aromatic N) is 3. The van der Waals surface area contributed by atoms with Crippen molar-refractivity contribution in [3.63, 3.8) is 0 Å². The van der Waals surface area contributed by atoms with Crippen LogP contribution in [0.2, 0.25) is 0 Å². The molecule has 0 saturated carbocycles. The number of hydrogen-bond acceptors (Lipinski definition) is 6. The molecule has 2 aliphatic heterocycles. The zero-order chi connectivity index (χ0) is 14.8. The van der Waals surface area contributed by atoms with Crippen LogP contribution >= 0.6 is 11.3 Å². The highest BCUT2D eigenvalue weighted by Gasteiger charge is 2.29. The Kier molecular flexibility index (Phi) is 4.42. The Balaban J connectivity index is 1.62. The van der Waals surface area contributed by atoms with Crippen molar-refractivity contribution >= 4 is 22.4 Å². The van der Waals surface area contributed by atoms with Crippen LogP contribution in [0, 0.1) is 0 Å². The molecule has 116 valence electrons. The third-order valence-electron chi connectivity index (χ3n) is 4.40. The molecular formula is C14H23N5OS. The minimum atomic E-state index is 0.102. The first-order valence-electron chi connectivity index (χ1n) is 7.68. The number of anilines is 1. The molecule has 0 aliphatic carbocycles. The van der Waals surface area contributed by atoms with Crippen molar-refractivity contribution in [3.05, 3.63) is 10.6 Å². The minimum absolute atomic E-state index is 0.102. The molecule has 1 amide bonds. The van der Waals surface area contributed by atoms with Crippen LogP contribution in [-0.2, 0) is 6.42 Å². The molecule has 3 N–H and O–H groups in total. The number of carbonyl (C=O) groups excluding carboxylic acids is 1. The molecule has 0 radical (unpaired) electrons. The fraction of sp³-hybridized carbons (Fsp3) is 0.714. The Morgan fingerprint density at radius 2 is 2.19 bits per heavy atom. The molecule has 2 fully saturated rings. The van der Waals surface area contributed by atoms with Gasteiger partial charge in [0.15, 0.2) is 5.13 Å². The highest BCUT2D eigenvalue weighted by atomic mass is 32.1. The molecule has 2 aliphatic rings. The van der Waals surface area contributed by atoms with Gasteiger partial charge in [-0.05, 0) is 19.4 Å². The van der Waals surface area contributed by atoms with E-state index in [2.05, 4.69) is 15.2 Å². The summed E-state index contributed by atoms with van der Waals surface area (Å²) in [6, 6.07) is 0.646. The number of nitrogens with two attached hydrogens (primary N) is 1. The van der Waals surface area contributed by atoms with E-state index in [9.17, 15) is 4.79 Å². The standard InChI is InChI=1S/C14H23N5OS/c1-2-11-12(21-14(15)17-11)13(20)19-7-5-18(6-8-19)10-3-4-16-9-10/h10,16H,2-9H2,1H3,(H2,15,17). The lowest BCUT2D eigenvalue weighted by atomic mass is 10.2. The van der Waals surface area contributed by atoms with Gasteiger partial charge in [-0.25, -0.2) is 4.98 Å². The summed E-state index contributed by atoms with van der Waals surface area (Å²) in [7, 11) is 0. The third kappa shape index (κ3) is 3.04. The summed E-state index contributed by atoms with van der Waals surface area (Å²) in [4.78, 5) is 22.1. The van der Waals surface area contributed by atoms with Crippen molar-refractivity contribution in [2.24, 2.45) is 0 Å². The number of nitrogen functional groups attached to an aromatic ring is 1. The van der Waals surface area contributed by atoms with Crippen LogP contribution in [0.1, 0.15) is 28.7 Å². The van der Waals surface area contributed by atoms with Gasteiger partial charge in [-0.2, -0.15) is 0 Å². The average molecular weight is 309 g/mol. The van der Waals surface area contributed by atoms with Gasteiger partial charge in [0.2, 0.25) is 0 Å². The molecule has 1 aromatic heterocycles. The lowest BCUT2D eigenvalue weighted by molar-refractivity contribution is 0.0587. The van der Waals surface area contributed by atoms with E-state index in [0.717, 1.165) is 56.3 Å². The van der Waals surface area contributed by atoms with Gasteiger partial charge in [0, 0.05) is 38.8 Å². The molecule has 21 heavy (non-hydrogen) atoms. The van der Waals surface area contributed by atoms with Gasteiger partial charge < -0.3 is 16.0 Å². The predicted molar refractivity (Wildman–Crippen MR) is 84.7 cm³/mol. The lowest BCUT2D eigenvalue weighted by Gasteiger charge is -2.37. The molecule has 0 spiro atoms. The molecule has 3 rings (SSSR count). The number of nitrogens with one attached hydrogen (secondary N) is 1. The second-order valence-corrected chi connectivity index (χ2v) is 6.69. The summed E-state index contributed by atoms with van der Waals surface area (Å²) in [6.07, 6.45) is 1.97. The third-order valence-corrected chi connectivity index (χ3v) is 5.31. The second kappa shape index (κ2) is 6.29. The highest BCUT2D eigenvalue weighted by molar-refractivity contribution is 7.17. The van der Waals surface area contributed by atoms with E-state index in [-0.39, 0.29) is 5.91 Å². The number of amides is 1. The SMILES string of the molecule is CCc1nc(N)sc1C(=O)N1CCN(C2CCNC2)CC1. The van der Waals surface area contributed by atoms with Gasteiger partial charge in [-0.3, -0.25) is 9.69 Å². The van der Waals surface area contributed by atoms with Crippen LogP contribution < -0.4 is 11.1 Å². The van der Waals surface area contributed by atoms with Crippen LogP contribution in [-0.4, -0.2) is 66.0 Å². The second-order valence-electron chi connectivity index (χ2n) is 5.66. The van der Waals surface area contributed by atoms with Crippen molar-refractivity contribution in [3.8, 4) is 0 Å². The summed E-state index contributed by atoms with van der Waals surface area (Å²) in [5.41, 5.74) is 6.59. The number of piperazine rings is 1. The monoisotopic (exact) mass is 309 g/mol.